The van der Waals surface area contributed by atoms with E-state index in [0.717, 1.165) is 24.7 Å². The van der Waals surface area contributed by atoms with Gasteiger partial charge >= 0.3 is 0 Å². The van der Waals surface area contributed by atoms with Crippen LogP contribution in [0.3, 0.4) is 0 Å². The number of aromatic nitrogens is 2. The summed E-state index contributed by atoms with van der Waals surface area (Å²) in [5.41, 5.74) is 1.28. The molecule has 3 aromatic rings. The Labute approximate surface area is 188 Å². The topological polar surface area (TPSA) is 56.5 Å². The highest BCUT2D eigenvalue weighted by atomic mass is 79.9. The van der Waals surface area contributed by atoms with E-state index >= 15 is 0 Å². The molecular weight excluding hydrogens is 554 g/mol. The van der Waals surface area contributed by atoms with Crippen molar-refractivity contribution in [1.82, 2.24) is 9.66 Å². The van der Waals surface area contributed by atoms with E-state index in [-0.39, 0.29) is 11.7 Å². The summed E-state index contributed by atoms with van der Waals surface area (Å²) in [5.74, 6) is 1.34. The Morgan fingerprint density at radius 3 is 2.46 bits per heavy atom. The van der Waals surface area contributed by atoms with Gasteiger partial charge in [0.05, 0.1) is 32.2 Å². The van der Waals surface area contributed by atoms with Crippen LogP contribution in [0.1, 0.15) is 32.2 Å². The molecule has 5 nitrogen and oxygen atoms in total. The predicted molar refractivity (Wildman–Crippen MR) is 124 cm³/mol. The van der Waals surface area contributed by atoms with E-state index in [1.54, 1.807) is 12.3 Å². The van der Waals surface area contributed by atoms with Crippen molar-refractivity contribution in [2.75, 3.05) is 0 Å². The first-order chi connectivity index (χ1) is 13.3. The number of nitrogens with zero attached hydrogens (tertiary/aromatic N) is 3. The summed E-state index contributed by atoms with van der Waals surface area (Å²) in [6.45, 7) is 5.89. The Balaban J connectivity index is 2.06. The van der Waals surface area contributed by atoms with E-state index < -0.39 is 0 Å². The fraction of sp³-hybridized carbons (Fsp3) is 0.250. The van der Waals surface area contributed by atoms with Crippen LogP contribution in [0.15, 0.2) is 53.6 Å². The van der Waals surface area contributed by atoms with E-state index in [1.165, 1.54) is 4.68 Å². The Morgan fingerprint density at radius 1 is 1.18 bits per heavy atom. The van der Waals surface area contributed by atoms with E-state index in [1.807, 2.05) is 45.0 Å². The zero-order chi connectivity index (χ0) is 20.4. The van der Waals surface area contributed by atoms with Gasteiger partial charge in [-0.2, -0.15) is 9.78 Å². The maximum absolute atomic E-state index is 12.9. The zero-order valence-electron chi connectivity index (χ0n) is 15.5. The van der Waals surface area contributed by atoms with Gasteiger partial charge in [0.2, 0.25) is 0 Å². The lowest BCUT2D eigenvalue weighted by molar-refractivity contribution is 0.239. The van der Waals surface area contributed by atoms with Crippen LogP contribution in [-0.2, 0) is 6.42 Å². The largest absolute Gasteiger partial charge is 0.489 e. The lowest BCUT2D eigenvalue weighted by Gasteiger charge is -2.14. The standard InChI is InChI=1S/C20H18Br3N3O2/c1-4-18-25-17-6-5-13(21)9-14(17)20(27)26(18)24-10-12-7-15(22)19(16(23)8-12)28-11(2)3/h5-11H,4H2,1-3H3. The highest BCUT2D eigenvalue weighted by Gasteiger charge is 2.12. The molecular formula is C20H18Br3N3O2. The summed E-state index contributed by atoms with van der Waals surface area (Å²) >= 11 is 10.5. The van der Waals surface area contributed by atoms with Crippen molar-refractivity contribution < 1.29 is 4.74 Å². The third-order valence-electron chi connectivity index (χ3n) is 3.89. The van der Waals surface area contributed by atoms with Gasteiger partial charge in [-0.25, -0.2) is 4.98 Å². The van der Waals surface area contributed by atoms with Crippen molar-refractivity contribution in [2.45, 2.75) is 33.3 Å². The SMILES string of the molecule is CCc1nc2ccc(Br)cc2c(=O)n1N=Cc1cc(Br)c(OC(C)C)c(Br)c1. The van der Waals surface area contributed by atoms with E-state index in [4.69, 9.17) is 4.74 Å². The van der Waals surface area contributed by atoms with E-state index in [9.17, 15) is 4.79 Å². The summed E-state index contributed by atoms with van der Waals surface area (Å²) in [7, 11) is 0. The fourth-order valence-corrected chi connectivity index (χ4v) is 4.44. The van der Waals surface area contributed by atoms with Gasteiger partial charge < -0.3 is 4.74 Å². The minimum Gasteiger partial charge on any atom is -0.489 e. The summed E-state index contributed by atoms with van der Waals surface area (Å²) in [4.78, 5) is 17.5. The van der Waals surface area contributed by atoms with Gasteiger partial charge in [-0.3, -0.25) is 4.79 Å². The van der Waals surface area contributed by atoms with Gasteiger partial charge in [-0.05, 0) is 81.6 Å². The lowest BCUT2D eigenvalue weighted by atomic mass is 10.2. The predicted octanol–water partition coefficient (Wildman–Crippen LogP) is 5.92. The molecule has 1 aromatic heterocycles. The molecule has 146 valence electrons. The van der Waals surface area contributed by atoms with Crippen LogP contribution in [0.2, 0.25) is 0 Å². The molecule has 28 heavy (non-hydrogen) atoms. The average Bonchev–Trinajstić information content (AvgIpc) is 2.64. The summed E-state index contributed by atoms with van der Waals surface area (Å²) < 4.78 is 9.60. The third kappa shape index (κ3) is 4.55. The van der Waals surface area contributed by atoms with E-state index in [2.05, 4.69) is 57.9 Å². The van der Waals surface area contributed by atoms with Gasteiger partial charge in [-0.15, -0.1) is 0 Å². The number of rotatable bonds is 5. The Hall–Kier alpha value is -1.51. The van der Waals surface area contributed by atoms with Gasteiger partial charge in [0.25, 0.3) is 5.56 Å². The Kier molecular flexibility index (Phi) is 6.73. The number of aryl methyl sites for hydroxylation is 1. The molecule has 0 aliphatic rings. The maximum atomic E-state index is 12.9. The van der Waals surface area contributed by atoms with Crippen molar-refractivity contribution in [3.8, 4) is 5.75 Å². The number of hydrogen-bond donors (Lipinski definition) is 0. The lowest BCUT2D eigenvalue weighted by Crippen LogP contribution is -2.22. The van der Waals surface area contributed by atoms with Crippen LogP contribution in [-0.4, -0.2) is 22.0 Å². The first kappa shape index (κ1) is 21.2. The molecule has 0 aliphatic heterocycles. The van der Waals surface area contributed by atoms with Crippen LogP contribution in [0.5, 0.6) is 5.75 Å². The highest BCUT2D eigenvalue weighted by molar-refractivity contribution is 9.11. The molecule has 0 aliphatic carbocycles. The number of hydrogen-bond acceptors (Lipinski definition) is 4. The molecule has 0 atom stereocenters. The summed E-state index contributed by atoms with van der Waals surface area (Å²) in [5, 5.41) is 4.94. The maximum Gasteiger partial charge on any atom is 0.282 e. The van der Waals surface area contributed by atoms with Gasteiger partial charge in [0, 0.05) is 10.9 Å². The third-order valence-corrected chi connectivity index (χ3v) is 5.56. The second-order valence-corrected chi connectivity index (χ2v) is 9.01. The number of benzene rings is 2. The summed E-state index contributed by atoms with van der Waals surface area (Å²) in [6.07, 6.45) is 2.29. The van der Waals surface area contributed by atoms with Crippen molar-refractivity contribution in [3.05, 3.63) is 65.5 Å². The molecule has 0 bridgehead atoms. The molecule has 0 unspecified atom stereocenters. The first-order valence-corrected chi connectivity index (χ1v) is 11.1. The fourth-order valence-electron chi connectivity index (χ4n) is 2.67. The monoisotopic (exact) mass is 569 g/mol. The molecule has 0 N–H and O–H groups in total. The van der Waals surface area contributed by atoms with Crippen LogP contribution < -0.4 is 10.3 Å². The van der Waals surface area contributed by atoms with Gasteiger partial charge in [-0.1, -0.05) is 22.9 Å². The Morgan fingerprint density at radius 2 is 1.86 bits per heavy atom. The first-order valence-electron chi connectivity index (χ1n) is 8.71. The number of halogens is 3. The molecule has 0 fully saturated rings. The molecule has 3 rings (SSSR count). The minimum atomic E-state index is -0.197. The molecule has 0 amide bonds. The van der Waals surface area contributed by atoms with Gasteiger partial charge in [0.1, 0.15) is 11.6 Å². The van der Waals surface area contributed by atoms with Crippen LogP contribution in [0, 0.1) is 0 Å². The second kappa shape index (κ2) is 8.88. The average molecular weight is 572 g/mol. The van der Waals surface area contributed by atoms with Crippen LogP contribution >= 0.6 is 47.8 Å². The molecule has 1 heterocycles. The summed E-state index contributed by atoms with van der Waals surface area (Å²) in [6, 6.07) is 9.26. The van der Waals surface area contributed by atoms with Crippen molar-refractivity contribution >= 4 is 64.9 Å². The number of ether oxygens (including phenoxy) is 1. The molecule has 0 saturated heterocycles. The minimum absolute atomic E-state index is 0.0563. The molecule has 0 saturated carbocycles. The zero-order valence-corrected chi connectivity index (χ0v) is 20.3. The highest BCUT2D eigenvalue weighted by Crippen LogP contribution is 2.35. The molecule has 0 radical (unpaired) electrons. The van der Waals surface area contributed by atoms with Crippen molar-refractivity contribution in [1.29, 1.82) is 0 Å². The second-order valence-electron chi connectivity index (χ2n) is 6.38. The van der Waals surface area contributed by atoms with Gasteiger partial charge in [0.15, 0.2) is 0 Å². The normalized spacial score (nSPS) is 11.7. The molecule has 0 spiro atoms. The van der Waals surface area contributed by atoms with Crippen LogP contribution in [0.4, 0.5) is 0 Å². The quantitative estimate of drug-likeness (QED) is 0.358. The molecule has 2 aromatic carbocycles. The smallest absolute Gasteiger partial charge is 0.282 e. The Bertz CT molecular complexity index is 1100. The number of fused-ring (bicyclic) bond motifs is 1. The van der Waals surface area contributed by atoms with E-state index in [0.29, 0.717) is 23.1 Å². The molecule has 8 heteroatoms. The van der Waals surface area contributed by atoms with Crippen molar-refractivity contribution in [3.63, 3.8) is 0 Å². The van der Waals surface area contributed by atoms with Crippen molar-refractivity contribution in [2.24, 2.45) is 5.10 Å². The van der Waals surface area contributed by atoms with Crippen LogP contribution in [0.25, 0.3) is 10.9 Å².